The summed E-state index contributed by atoms with van der Waals surface area (Å²) in [6.45, 7) is 0. The summed E-state index contributed by atoms with van der Waals surface area (Å²) >= 11 is 0. The Bertz CT molecular complexity index is 452. The van der Waals surface area contributed by atoms with E-state index in [0.717, 1.165) is 6.42 Å². The number of carbonyl (C=O) groups excluding carboxylic acids is 1. The molecule has 82 valence electrons. The summed E-state index contributed by atoms with van der Waals surface area (Å²) in [5.41, 5.74) is 6.69. The molecular formula is C11H12N4O. The van der Waals surface area contributed by atoms with Crippen molar-refractivity contribution in [2.75, 3.05) is 5.32 Å². The van der Waals surface area contributed by atoms with Crippen LogP contribution in [0.4, 0.5) is 10.5 Å². The number of anilines is 1. The number of nitrogens with one attached hydrogen (secondary N) is 2. The average molecular weight is 216 g/mol. The summed E-state index contributed by atoms with van der Waals surface area (Å²) in [6, 6.07) is 8.63. The van der Waals surface area contributed by atoms with E-state index in [4.69, 9.17) is 11.0 Å². The number of hydrogen-bond donors (Lipinski definition) is 3. The van der Waals surface area contributed by atoms with Crippen LogP contribution in [0.3, 0.4) is 0 Å². The molecule has 0 heterocycles. The zero-order valence-electron chi connectivity index (χ0n) is 8.60. The quantitative estimate of drug-likeness (QED) is 0.682. The maximum absolute atomic E-state index is 11.4. The fourth-order valence-corrected chi connectivity index (χ4v) is 1.38. The number of urea groups is 1. The Kier molecular flexibility index (Phi) is 2.75. The van der Waals surface area contributed by atoms with Crippen molar-refractivity contribution in [1.82, 2.24) is 5.32 Å². The zero-order chi connectivity index (χ0) is 11.5. The molecule has 0 saturated heterocycles. The summed E-state index contributed by atoms with van der Waals surface area (Å²) in [5.74, 6) is 0. The van der Waals surface area contributed by atoms with Gasteiger partial charge >= 0.3 is 6.03 Å². The Balaban J connectivity index is 1.93. The van der Waals surface area contributed by atoms with Crippen LogP contribution in [0.5, 0.6) is 0 Å². The molecule has 0 bridgehead atoms. The molecule has 2 rings (SSSR count). The van der Waals surface area contributed by atoms with Gasteiger partial charge in [-0.3, -0.25) is 0 Å². The number of rotatable bonds is 2. The van der Waals surface area contributed by atoms with Crippen molar-refractivity contribution in [3.8, 4) is 6.07 Å². The number of nitrogens with two attached hydrogens (primary N) is 1. The van der Waals surface area contributed by atoms with Crippen LogP contribution >= 0.6 is 0 Å². The third kappa shape index (κ3) is 2.49. The molecule has 2 amide bonds. The first-order valence-electron chi connectivity index (χ1n) is 5.02. The van der Waals surface area contributed by atoms with Gasteiger partial charge in [0.05, 0.1) is 11.6 Å². The van der Waals surface area contributed by atoms with Crippen molar-refractivity contribution in [3.05, 3.63) is 29.8 Å². The molecule has 5 nitrogen and oxygen atoms in total. The van der Waals surface area contributed by atoms with Crippen LogP contribution in [0.1, 0.15) is 12.0 Å². The second-order valence-corrected chi connectivity index (χ2v) is 3.80. The van der Waals surface area contributed by atoms with Gasteiger partial charge in [-0.1, -0.05) is 6.07 Å². The lowest BCUT2D eigenvalue weighted by Crippen LogP contribution is -2.33. The molecule has 16 heavy (non-hydrogen) atoms. The summed E-state index contributed by atoms with van der Waals surface area (Å²) in [5, 5.41) is 14.1. The average Bonchev–Trinajstić information content (AvgIpc) is 2.94. The van der Waals surface area contributed by atoms with Crippen molar-refractivity contribution >= 4 is 11.7 Å². The molecule has 1 saturated carbocycles. The number of nitrogens with zero attached hydrogens (tertiary/aromatic N) is 1. The summed E-state index contributed by atoms with van der Waals surface area (Å²) in [6.07, 6.45) is 0.825. The molecule has 2 atom stereocenters. The lowest BCUT2D eigenvalue weighted by molar-refractivity contribution is 0.251. The van der Waals surface area contributed by atoms with E-state index < -0.39 is 0 Å². The molecule has 1 aromatic rings. The molecular weight excluding hydrogens is 204 g/mol. The first-order chi connectivity index (χ1) is 7.69. The van der Waals surface area contributed by atoms with Gasteiger partial charge < -0.3 is 16.4 Å². The zero-order valence-corrected chi connectivity index (χ0v) is 8.60. The van der Waals surface area contributed by atoms with Gasteiger partial charge in [-0.05, 0) is 24.6 Å². The lowest BCUT2D eigenvalue weighted by atomic mass is 10.2. The highest BCUT2D eigenvalue weighted by Gasteiger charge is 2.34. The minimum Gasteiger partial charge on any atom is -0.334 e. The van der Waals surface area contributed by atoms with E-state index in [-0.39, 0.29) is 18.1 Å². The first kappa shape index (κ1) is 10.5. The lowest BCUT2D eigenvalue weighted by Gasteiger charge is -2.06. The first-order valence-corrected chi connectivity index (χ1v) is 5.02. The maximum atomic E-state index is 11.4. The van der Waals surface area contributed by atoms with Crippen molar-refractivity contribution in [2.24, 2.45) is 5.73 Å². The van der Waals surface area contributed by atoms with Gasteiger partial charge in [0.2, 0.25) is 0 Å². The standard InChI is InChI=1S/C11H12N4O/c12-6-7-2-1-3-8(4-7)14-11(16)15-10-5-9(10)13/h1-4,9-10H,5,13H2,(H2,14,15,16). The summed E-state index contributed by atoms with van der Waals surface area (Å²) in [4.78, 5) is 11.4. The Morgan fingerprint density at radius 1 is 1.56 bits per heavy atom. The van der Waals surface area contributed by atoms with E-state index >= 15 is 0 Å². The van der Waals surface area contributed by atoms with Crippen molar-refractivity contribution in [3.63, 3.8) is 0 Å². The van der Waals surface area contributed by atoms with E-state index in [1.165, 1.54) is 0 Å². The number of carbonyl (C=O) groups is 1. The Labute approximate surface area is 93.2 Å². The molecule has 1 fully saturated rings. The fraction of sp³-hybridized carbons (Fsp3) is 0.273. The highest BCUT2D eigenvalue weighted by molar-refractivity contribution is 5.89. The highest BCUT2D eigenvalue weighted by Crippen LogP contribution is 2.18. The molecule has 0 aromatic heterocycles. The number of hydrogen-bond acceptors (Lipinski definition) is 3. The molecule has 0 aliphatic heterocycles. The molecule has 2 unspecified atom stereocenters. The Hall–Kier alpha value is -2.06. The van der Waals surface area contributed by atoms with Crippen LogP contribution in [0, 0.1) is 11.3 Å². The minimum atomic E-state index is -0.284. The largest absolute Gasteiger partial charge is 0.334 e. The van der Waals surface area contributed by atoms with Crippen LogP contribution in [-0.2, 0) is 0 Å². The summed E-state index contributed by atoms with van der Waals surface area (Å²) < 4.78 is 0. The molecule has 5 heteroatoms. The number of amides is 2. The smallest absolute Gasteiger partial charge is 0.319 e. The van der Waals surface area contributed by atoms with E-state index in [1.54, 1.807) is 24.3 Å². The predicted octanol–water partition coefficient (Wildman–Crippen LogP) is 0.779. The van der Waals surface area contributed by atoms with Gasteiger partial charge in [0.15, 0.2) is 0 Å². The summed E-state index contributed by atoms with van der Waals surface area (Å²) in [7, 11) is 0. The Morgan fingerprint density at radius 3 is 2.94 bits per heavy atom. The number of nitriles is 1. The van der Waals surface area contributed by atoms with Crippen LogP contribution in [0.2, 0.25) is 0 Å². The monoisotopic (exact) mass is 216 g/mol. The number of benzene rings is 1. The van der Waals surface area contributed by atoms with Gasteiger partial charge in [0.25, 0.3) is 0 Å². The molecule has 1 aromatic carbocycles. The normalized spacial score (nSPS) is 22.0. The second-order valence-electron chi connectivity index (χ2n) is 3.80. The Morgan fingerprint density at radius 2 is 2.31 bits per heavy atom. The second kappa shape index (κ2) is 4.21. The van der Waals surface area contributed by atoms with E-state index in [9.17, 15) is 4.79 Å². The van der Waals surface area contributed by atoms with Crippen molar-refractivity contribution in [1.29, 1.82) is 5.26 Å². The van der Waals surface area contributed by atoms with Crippen molar-refractivity contribution in [2.45, 2.75) is 18.5 Å². The van der Waals surface area contributed by atoms with Gasteiger partial charge in [0, 0.05) is 17.8 Å². The SMILES string of the molecule is N#Cc1cccc(NC(=O)NC2CC2N)c1. The minimum absolute atomic E-state index is 0.0798. The fourth-order valence-electron chi connectivity index (χ4n) is 1.38. The molecule has 1 aliphatic carbocycles. The molecule has 0 spiro atoms. The van der Waals surface area contributed by atoms with E-state index in [2.05, 4.69) is 10.6 Å². The van der Waals surface area contributed by atoms with Gasteiger partial charge in [-0.25, -0.2) is 4.79 Å². The third-order valence-electron chi connectivity index (χ3n) is 2.41. The maximum Gasteiger partial charge on any atom is 0.319 e. The predicted molar refractivity (Wildman–Crippen MR) is 59.7 cm³/mol. The third-order valence-corrected chi connectivity index (χ3v) is 2.41. The van der Waals surface area contributed by atoms with Crippen LogP contribution in [0.15, 0.2) is 24.3 Å². The van der Waals surface area contributed by atoms with E-state index in [0.29, 0.717) is 11.3 Å². The molecule has 1 aliphatic rings. The van der Waals surface area contributed by atoms with Gasteiger partial charge in [-0.15, -0.1) is 0 Å². The topological polar surface area (TPSA) is 90.9 Å². The van der Waals surface area contributed by atoms with Crippen LogP contribution in [-0.4, -0.2) is 18.1 Å². The van der Waals surface area contributed by atoms with Crippen LogP contribution in [0.25, 0.3) is 0 Å². The van der Waals surface area contributed by atoms with Crippen molar-refractivity contribution < 1.29 is 4.79 Å². The van der Waals surface area contributed by atoms with Gasteiger partial charge in [0.1, 0.15) is 0 Å². The van der Waals surface area contributed by atoms with E-state index in [1.807, 2.05) is 6.07 Å². The molecule has 4 N–H and O–H groups in total. The van der Waals surface area contributed by atoms with Crippen LogP contribution < -0.4 is 16.4 Å². The van der Waals surface area contributed by atoms with Gasteiger partial charge in [-0.2, -0.15) is 5.26 Å². The highest BCUT2D eigenvalue weighted by atomic mass is 16.2. The molecule has 0 radical (unpaired) electrons.